The number of methoxy groups -OCH3 is 1. The minimum atomic E-state index is -3.56. The van der Waals surface area contributed by atoms with Crippen molar-refractivity contribution in [1.29, 1.82) is 0 Å². The monoisotopic (exact) mass is 436 g/mol. The number of nitrogens with one attached hydrogen (secondary N) is 2. The molecule has 1 saturated heterocycles. The first-order valence-electron chi connectivity index (χ1n) is 8.73. The number of ether oxygens (including phenoxy) is 1. The minimum absolute atomic E-state index is 0.0708. The molecule has 2 rings (SSSR count). The normalized spacial score (nSPS) is 16.4. The summed E-state index contributed by atoms with van der Waals surface area (Å²) in [6.45, 7) is 4.56. The molecular weight excluding hydrogens is 412 g/mol. The summed E-state index contributed by atoms with van der Waals surface area (Å²) in [4.78, 5) is 18.2. The van der Waals surface area contributed by atoms with Crippen molar-refractivity contribution < 1.29 is 17.9 Å². The molecule has 1 aliphatic rings. The lowest BCUT2D eigenvalue weighted by molar-refractivity contribution is -0.146. The van der Waals surface area contributed by atoms with Gasteiger partial charge in [0.2, 0.25) is 10.0 Å². The molecule has 8 nitrogen and oxygen atoms in total. The zero-order valence-corrected chi connectivity index (χ0v) is 17.8. The van der Waals surface area contributed by atoms with E-state index in [0.717, 1.165) is 17.3 Å². The van der Waals surface area contributed by atoms with Gasteiger partial charge in [-0.25, -0.2) is 13.1 Å². The van der Waals surface area contributed by atoms with Crippen molar-refractivity contribution >= 4 is 44.9 Å². The molecule has 0 unspecified atom stereocenters. The van der Waals surface area contributed by atoms with E-state index in [4.69, 9.17) is 16.3 Å². The number of likely N-dealkylation sites (tertiary alicyclic amines) is 1. The number of rotatable bonds is 7. The van der Waals surface area contributed by atoms with Gasteiger partial charge in [-0.05, 0) is 31.9 Å². The molecule has 1 aliphatic heterocycles. The first kappa shape index (κ1) is 21.9. The van der Waals surface area contributed by atoms with Crippen LogP contribution in [0.3, 0.4) is 0 Å². The Morgan fingerprint density at radius 2 is 2.11 bits per heavy atom. The average molecular weight is 437 g/mol. The number of aliphatic imine (C=N–C) groups is 1. The zero-order chi connectivity index (χ0) is 19.9. The van der Waals surface area contributed by atoms with Crippen molar-refractivity contribution in [3.05, 3.63) is 16.5 Å². The Bertz CT molecular complexity index is 758. The summed E-state index contributed by atoms with van der Waals surface area (Å²) < 4.78 is 32.3. The number of halogens is 1. The molecule has 0 atom stereocenters. The van der Waals surface area contributed by atoms with Crippen LogP contribution >= 0.6 is 22.9 Å². The van der Waals surface area contributed by atoms with E-state index in [1.165, 1.54) is 13.2 Å². The first-order chi connectivity index (χ1) is 12.9. The molecule has 0 amide bonds. The maximum Gasteiger partial charge on any atom is 0.308 e. The third kappa shape index (κ3) is 6.34. The van der Waals surface area contributed by atoms with Crippen molar-refractivity contribution in [2.75, 3.05) is 39.8 Å². The van der Waals surface area contributed by atoms with Crippen LogP contribution in [0, 0.1) is 5.92 Å². The second-order valence-electron chi connectivity index (χ2n) is 5.98. The van der Waals surface area contributed by atoms with E-state index in [9.17, 15) is 13.2 Å². The van der Waals surface area contributed by atoms with Gasteiger partial charge in [0.15, 0.2) is 5.96 Å². The fraction of sp³-hybridized carbons (Fsp3) is 0.625. The van der Waals surface area contributed by atoms with Gasteiger partial charge in [0, 0.05) is 26.2 Å². The lowest BCUT2D eigenvalue weighted by Crippen LogP contribution is -2.47. The summed E-state index contributed by atoms with van der Waals surface area (Å²) >= 11 is 6.81. The minimum Gasteiger partial charge on any atom is -0.469 e. The Morgan fingerprint density at radius 3 is 2.67 bits per heavy atom. The van der Waals surface area contributed by atoms with Gasteiger partial charge in [-0.1, -0.05) is 11.6 Å². The molecule has 27 heavy (non-hydrogen) atoms. The summed E-state index contributed by atoms with van der Waals surface area (Å²) in [5, 5.41) is 3.21. The molecule has 1 aromatic rings. The van der Waals surface area contributed by atoms with Crippen molar-refractivity contribution in [3.63, 3.8) is 0 Å². The van der Waals surface area contributed by atoms with E-state index in [0.29, 0.717) is 43.4 Å². The first-order valence-corrected chi connectivity index (χ1v) is 11.4. The molecule has 11 heteroatoms. The topological polar surface area (TPSA) is 100 Å². The van der Waals surface area contributed by atoms with Crippen LogP contribution in [0.25, 0.3) is 0 Å². The molecule has 0 aliphatic carbocycles. The van der Waals surface area contributed by atoms with E-state index in [1.807, 2.05) is 6.92 Å². The fourth-order valence-electron chi connectivity index (χ4n) is 2.77. The summed E-state index contributed by atoms with van der Waals surface area (Å²) in [5.41, 5.74) is 0. The highest BCUT2D eigenvalue weighted by Gasteiger charge is 2.27. The maximum absolute atomic E-state index is 12.2. The summed E-state index contributed by atoms with van der Waals surface area (Å²) in [6, 6.07) is 3.04. The predicted molar refractivity (Wildman–Crippen MR) is 107 cm³/mol. The van der Waals surface area contributed by atoms with Crippen LogP contribution in [0.4, 0.5) is 0 Å². The molecule has 0 saturated carbocycles. The van der Waals surface area contributed by atoms with Crippen LogP contribution in [0.1, 0.15) is 19.8 Å². The predicted octanol–water partition coefficient (Wildman–Crippen LogP) is 1.53. The second kappa shape index (κ2) is 10.3. The number of nitrogens with zero attached hydrogens (tertiary/aromatic N) is 2. The van der Waals surface area contributed by atoms with Crippen molar-refractivity contribution in [2.45, 2.75) is 24.0 Å². The Balaban J connectivity index is 1.87. The van der Waals surface area contributed by atoms with E-state index >= 15 is 0 Å². The second-order valence-corrected chi connectivity index (χ2v) is 9.69. The molecule has 2 heterocycles. The number of sulfonamides is 1. The number of hydrogen-bond donors (Lipinski definition) is 2. The van der Waals surface area contributed by atoms with E-state index in [2.05, 4.69) is 19.9 Å². The third-order valence-electron chi connectivity index (χ3n) is 4.14. The van der Waals surface area contributed by atoms with Crippen LogP contribution in [0.2, 0.25) is 4.34 Å². The largest absolute Gasteiger partial charge is 0.469 e. The van der Waals surface area contributed by atoms with Crippen molar-refractivity contribution in [1.82, 2.24) is 14.9 Å². The highest BCUT2D eigenvalue weighted by molar-refractivity contribution is 7.91. The zero-order valence-electron chi connectivity index (χ0n) is 15.4. The number of thiophene rings is 1. The highest BCUT2D eigenvalue weighted by atomic mass is 35.5. The van der Waals surface area contributed by atoms with Crippen molar-refractivity contribution in [2.24, 2.45) is 10.9 Å². The number of guanidine groups is 1. The number of carbonyl (C=O) groups excluding carboxylic acids is 1. The Hall–Kier alpha value is -1.36. The Labute approximate surface area is 169 Å². The van der Waals surface area contributed by atoms with Crippen LogP contribution < -0.4 is 10.0 Å². The van der Waals surface area contributed by atoms with Crippen LogP contribution in [0.5, 0.6) is 0 Å². The Morgan fingerprint density at radius 1 is 1.41 bits per heavy atom. The molecule has 0 spiro atoms. The molecular formula is C16H25ClN4O4S2. The number of hydrogen-bond acceptors (Lipinski definition) is 6. The van der Waals surface area contributed by atoms with Gasteiger partial charge >= 0.3 is 5.97 Å². The van der Waals surface area contributed by atoms with Gasteiger partial charge in [-0.15, -0.1) is 11.3 Å². The van der Waals surface area contributed by atoms with Crippen molar-refractivity contribution in [3.8, 4) is 0 Å². The van der Waals surface area contributed by atoms with E-state index < -0.39 is 10.0 Å². The molecule has 1 aromatic heterocycles. The average Bonchev–Trinajstić information content (AvgIpc) is 3.11. The van der Waals surface area contributed by atoms with Gasteiger partial charge in [0.05, 0.1) is 23.9 Å². The standard InChI is InChI=1S/C16H25ClN4O4S2/c1-3-18-16(21-10-6-12(7-11-21)15(22)25-2)19-8-9-20-27(23,24)14-5-4-13(17)26-14/h4-5,12,20H,3,6-11H2,1-2H3,(H,18,19). The molecule has 0 aromatic carbocycles. The van der Waals surface area contributed by atoms with E-state index in [-0.39, 0.29) is 22.6 Å². The summed E-state index contributed by atoms with van der Waals surface area (Å²) in [7, 11) is -2.16. The fourth-order valence-corrected chi connectivity index (χ4v) is 5.32. The highest BCUT2D eigenvalue weighted by Crippen LogP contribution is 2.25. The summed E-state index contributed by atoms with van der Waals surface area (Å²) in [6.07, 6.45) is 1.42. The quantitative estimate of drug-likeness (QED) is 0.291. The number of piperidine rings is 1. The lowest BCUT2D eigenvalue weighted by atomic mass is 9.97. The SMILES string of the molecule is CCNC(=NCCNS(=O)(=O)c1ccc(Cl)s1)N1CCC(C(=O)OC)CC1. The third-order valence-corrected chi connectivity index (χ3v) is 7.33. The van der Waals surface area contributed by atoms with Gasteiger partial charge in [-0.3, -0.25) is 9.79 Å². The number of esters is 1. The van der Waals surface area contributed by atoms with Gasteiger partial charge < -0.3 is 15.0 Å². The van der Waals surface area contributed by atoms with Crippen LogP contribution in [0.15, 0.2) is 21.3 Å². The maximum atomic E-state index is 12.2. The van der Waals surface area contributed by atoms with Crippen LogP contribution in [-0.2, 0) is 19.6 Å². The van der Waals surface area contributed by atoms with Gasteiger partial charge in [0.25, 0.3) is 0 Å². The molecule has 152 valence electrons. The lowest BCUT2D eigenvalue weighted by Gasteiger charge is -2.33. The summed E-state index contributed by atoms with van der Waals surface area (Å²) in [5.74, 6) is 0.484. The van der Waals surface area contributed by atoms with E-state index in [1.54, 1.807) is 6.07 Å². The number of carbonyl (C=O) groups is 1. The molecule has 2 N–H and O–H groups in total. The van der Waals surface area contributed by atoms with Crippen LogP contribution in [-0.4, -0.2) is 65.1 Å². The molecule has 0 bridgehead atoms. The molecule has 1 fully saturated rings. The Kier molecular flexibility index (Phi) is 8.33. The van der Waals surface area contributed by atoms with Gasteiger partial charge in [0.1, 0.15) is 4.21 Å². The molecule has 0 radical (unpaired) electrons. The van der Waals surface area contributed by atoms with Gasteiger partial charge in [-0.2, -0.15) is 0 Å². The smallest absolute Gasteiger partial charge is 0.308 e.